The lowest BCUT2D eigenvalue weighted by Crippen LogP contribution is -2.49. The maximum absolute atomic E-state index is 12.1. The minimum absolute atomic E-state index is 0.0252. The maximum Gasteiger partial charge on any atom is 0.282 e. The van der Waals surface area contributed by atoms with E-state index in [1.54, 1.807) is 0 Å². The molecule has 1 aliphatic rings. The number of carbonyl (C=O) groups is 1. The van der Waals surface area contributed by atoms with E-state index >= 15 is 0 Å². The Labute approximate surface area is 158 Å². The van der Waals surface area contributed by atoms with Crippen molar-refractivity contribution in [3.63, 3.8) is 0 Å². The second-order valence-electron chi connectivity index (χ2n) is 6.22. The summed E-state index contributed by atoms with van der Waals surface area (Å²) in [7, 11) is 0. The van der Waals surface area contributed by atoms with Gasteiger partial charge in [0, 0.05) is 26.2 Å². The molecule has 1 saturated heterocycles. The van der Waals surface area contributed by atoms with Gasteiger partial charge in [0.25, 0.3) is 5.56 Å². The Hall–Kier alpha value is -0.770. The van der Waals surface area contributed by atoms with Crippen molar-refractivity contribution in [2.75, 3.05) is 32.8 Å². The number of hydrogen-bond donors (Lipinski definition) is 1. The highest BCUT2D eigenvalue weighted by molar-refractivity contribution is 9.13. The van der Waals surface area contributed by atoms with Gasteiger partial charge in [-0.1, -0.05) is 13.8 Å². The molecular weight excluding hydrogens is 444 g/mol. The first-order valence-electron chi connectivity index (χ1n) is 7.88. The van der Waals surface area contributed by atoms with E-state index in [1.165, 1.54) is 6.20 Å². The Kier molecular flexibility index (Phi) is 7.39. The minimum atomic E-state index is -0.350. The first kappa shape index (κ1) is 19.6. The summed E-state index contributed by atoms with van der Waals surface area (Å²) in [6, 6.07) is 0. The van der Waals surface area contributed by atoms with Crippen LogP contribution in [0, 0.1) is 5.92 Å². The summed E-state index contributed by atoms with van der Waals surface area (Å²) in [5.41, 5.74) is -0.350. The average molecular weight is 466 g/mol. The van der Waals surface area contributed by atoms with E-state index < -0.39 is 0 Å². The molecule has 0 aliphatic carbocycles. The Morgan fingerprint density at radius 1 is 1.50 bits per heavy atom. The molecule has 1 fully saturated rings. The molecular formula is C15H22Br2N4O3. The van der Waals surface area contributed by atoms with E-state index in [4.69, 9.17) is 4.74 Å². The number of hydrogen-bond acceptors (Lipinski definition) is 5. The van der Waals surface area contributed by atoms with Crippen LogP contribution in [0.15, 0.2) is 19.9 Å². The fraction of sp³-hybridized carbons (Fsp3) is 0.667. The number of ether oxygens (including phenoxy) is 1. The number of nitrogens with one attached hydrogen (secondary N) is 1. The van der Waals surface area contributed by atoms with Crippen LogP contribution in [0.5, 0.6) is 0 Å². The molecule has 0 saturated carbocycles. The van der Waals surface area contributed by atoms with Crippen LogP contribution >= 0.6 is 31.9 Å². The standard InChI is InChI=1S/C15H22Br2N4O3/c1-10(2)7-20-3-4-24-11(8-20)5-18-13(22)9-21-15(23)14(17)12(16)6-19-21/h6,10-11H,3-5,7-9H2,1-2H3,(H,18,22)/t11-/m1/s1. The first-order chi connectivity index (χ1) is 11.4. The number of morpholine rings is 1. The van der Waals surface area contributed by atoms with E-state index in [-0.39, 0.29) is 24.1 Å². The second-order valence-corrected chi connectivity index (χ2v) is 7.87. The Morgan fingerprint density at radius 3 is 2.96 bits per heavy atom. The summed E-state index contributed by atoms with van der Waals surface area (Å²) in [5, 5.41) is 6.76. The van der Waals surface area contributed by atoms with Gasteiger partial charge in [0.1, 0.15) is 11.0 Å². The van der Waals surface area contributed by atoms with Crippen molar-refractivity contribution >= 4 is 37.8 Å². The number of carbonyl (C=O) groups excluding carboxylic acids is 1. The lowest BCUT2D eigenvalue weighted by molar-refractivity contribution is -0.123. The zero-order chi connectivity index (χ0) is 17.7. The number of nitrogens with zero attached hydrogens (tertiary/aromatic N) is 3. The number of amides is 1. The summed E-state index contributed by atoms with van der Waals surface area (Å²) in [6.07, 6.45) is 1.45. The SMILES string of the molecule is CC(C)CN1CCO[C@H](CNC(=O)Cn2ncc(Br)c(Br)c2=O)C1. The molecule has 7 nitrogen and oxygen atoms in total. The Bertz CT molecular complexity index is 636. The lowest BCUT2D eigenvalue weighted by Gasteiger charge is -2.33. The smallest absolute Gasteiger partial charge is 0.282 e. The second kappa shape index (κ2) is 9.07. The van der Waals surface area contributed by atoms with E-state index in [0.717, 1.165) is 24.3 Å². The van der Waals surface area contributed by atoms with Crippen LogP contribution in [0.3, 0.4) is 0 Å². The van der Waals surface area contributed by atoms with Gasteiger partial charge in [-0.05, 0) is 37.8 Å². The first-order valence-corrected chi connectivity index (χ1v) is 9.47. The van der Waals surface area contributed by atoms with Crippen LogP contribution in [0.2, 0.25) is 0 Å². The zero-order valence-corrected chi connectivity index (χ0v) is 17.0. The van der Waals surface area contributed by atoms with Gasteiger partial charge in [-0.3, -0.25) is 14.5 Å². The van der Waals surface area contributed by atoms with Crippen LogP contribution in [-0.4, -0.2) is 59.5 Å². The van der Waals surface area contributed by atoms with Gasteiger partial charge in [0.2, 0.25) is 5.91 Å². The Morgan fingerprint density at radius 2 is 2.25 bits per heavy atom. The van der Waals surface area contributed by atoms with Gasteiger partial charge in [0.15, 0.2) is 0 Å². The third-order valence-electron chi connectivity index (χ3n) is 3.61. The van der Waals surface area contributed by atoms with Crippen LogP contribution in [-0.2, 0) is 16.1 Å². The third kappa shape index (κ3) is 5.65. The number of aromatic nitrogens is 2. The summed E-state index contributed by atoms with van der Waals surface area (Å²) in [5.74, 6) is 0.343. The van der Waals surface area contributed by atoms with Crippen molar-refractivity contribution < 1.29 is 9.53 Å². The van der Waals surface area contributed by atoms with Crippen LogP contribution in [0.25, 0.3) is 0 Å². The number of halogens is 2. The van der Waals surface area contributed by atoms with Crippen molar-refractivity contribution in [3.8, 4) is 0 Å². The molecule has 0 spiro atoms. The predicted molar refractivity (Wildman–Crippen MR) is 97.9 cm³/mol. The molecule has 1 aromatic heterocycles. The molecule has 1 N–H and O–H groups in total. The monoisotopic (exact) mass is 464 g/mol. The average Bonchev–Trinajstić information content (AvgIpc) is 2.53. The van der Waals surface area contributed by atoms with Gasteiger partial charge in [-0.25, -0.2) is 4.68 Å². The zero-order valence-electron chi connectivity index (χ0n) is 13.8. The highest BCUT2D eigenvalue weighted by Gasteiger charge is 2.21. The van der Waals surface area contributed by atoms with E-state index in [9.17, 15) is 9.59 Å². The van der Waals surface area contributed by atoms with Crippen LogP contribution in [0.4, 0.5) is 0 Å². The van der Waals surface area contributed by atoms with E-state index in [2.05, 4.69) is 61.0 Å². The molecule has 0 aromatic carbocycles. The highest BCUT2D eigenvalue weighted by atomic mass is 79.9. The molecule has 1 aliphatic heterocycles. The van der Waals surface area contributed by atoms with E-state index in [0.29, 0.717) is 28.0 Å². The predicted octanol–water partition coefficient (Wildman–Crippen LogP) is 1.24. The summed E-state index contributed by atoms with van der Waals surface area (Å²) >= 11 is 6.38. The molecule has 1 aromatic rings. The normalized spacial score (nSPS) is 18.8. The van der Waals surface area contributed by atoms with Crippen molar-refractivity contribution in [2.45, 2.75) is 26.5 Å². The quantitative estimate of drug-likeness (QED) is 0.683. The molecule has 0 unspecified atom stereocenters. The fourth-order valence-electron chi connectivity index (χ4n) is 2.56. The van der Waals surface area contributed by atoms with Crippen molar-refractivity contribution in [2.24, 2.45) is 5.92 Å². The third-order valence-corrected chi connectivity index (χ3v) is 5.51. The molecule has 2 rings (SSSR count). The molecule has 0 radical (unpaired) electrons. The molecule has 1 amide bonds. The topological polar surface area (TPSA) is 76.5 Å². The van der Waals surface area contributed by atoms with Crippen molar-refractivity contribution in [3.05, 3.63) is 25.5 Å². The molecule has 9 heteroatoms. The summed E-state index contributed by atoms with van der Waals surface area (Å²) in [6.45, 7) is 8.12. The minimum Gasteiger partial charge on any atom is -0.374 e. The fourth-order valence-corrected chi connectivity index (χ4v) is 3.13. The van der Waals surface area contributed by atoms with Crippen LogP contribution in [0.1, 0.15) is 13.8 Å². The molecule has 24 heavy (non-hydrogen) atoms. The number of rotatable bonds is 6. The van der Waals surface area contributed by atoms with Crippen LogP contribution < -0.4 is 10.9 Å². The largest absolute Gasteiger partial charge is 0.374 e. The van der Waals surface area contributed by atoms with Gasteiger partial charge >= 0.3 is 0 Å². The molecule has 134 valence electrons. The van der Waals surface area contributed by atoms with Crippen molar-refractivity contribution in [1.29, 1.82) is 0 Å². The molecule has 0 bridgehead atoms. The highest BCUT2D eigenvalue weighted by Crippen LogP contribution is 2.16. The van der Waals surface area contributed by atoms with Gasteiger partial charge in [-0.2, -0.15) is 5.10 Å². The van der Waals surface area contributed by atoms with Gasteiger partial charge in [-0.15, -0.1) is 0 Å². The lowest BCUT2D eigenvalue weighted by atomic mass is 10.2. The van der Waals surface area contributed by atoms with Gasteiger partial charge < -0.3 is 10.1 Å². The van der Waals surface area contributed by atoms with E-state index in [1.807, 2.05) is 0 Å². The van der Waals surface area contributed by atoms with Gasteiger partial charge in [0.05, 0.1) is 23.4 Å². The Balaban J connectivity index is 1.83. The molecule has 2 heterocycles. The summed E-state index contributed by atoms with van der Waals surface area (Å²) in [4.78, 5) is 26.4. The maximum atomic E-state index is 12.1. The van der Waals surface area contributed by atoms with Crippen molar-refractivity contribution in [1.82, 2.24) is 20.0 Å². The summed E-state index contributed by atoms with van der Waals surface area (Å²) < 4.78 is 7.73. The molecule has 1 atom stereocenters.